The van der Waals surface area contributed by atoms with Gasteiger partial charge in [0.2, 0.25) is 17.6 Å². The van der Waals surface area contributed by atoms with Crippen LogP contribution in [-0.2, 0) is 11.2 Å². The second-order valence-corrected chi connectivity index (χ2v) is 6.64. The Bertz CT molecular complexity index is 706. The molecule has 1 aromatic carbocycles. The highest BCUT2D eigenvalue weighted by Crippen LogP contribution is 2.17. The van der Waals surface area contributed by atoms with Crippen LogP contribution in [0.4, 0.5) is 4.39 Å². The average molecular weight is 346 g/mol. The zero-order chi connectivity index (χ0) is 17.8. The summed E-state index contributed by atoms with van der Waals surface area (Å²) in [4.78, 5) is 18.6. The molecule has 0 radical (unpaired) electrons. The number of nitrogens with one attached hydrogen (secondary N) is 1. The van der Waals surface area contributed by atoms with E-state index in [9.17, 15) is 9.18 Å². The molecule has 0 bridgehead atoms. The van der Waals surface area contributed by atoms with Crippen LogP contribution in [-0.4, -0.2) is 46.1 Å². The number of benzene rings is 1. The van der Waals surface area contributed by atoms with E-state index in [1.807, 2.05) is 4.90 Å². The van der Waals surface area contributed by atoms with E-state index in [0.29, 0.717) is 48.6 Å². The Kier molecular flexibility index (Phi) is 5.43. The first-order chi connectivity index (χ1) is 12.0. The Hall–Kier alpha value is -2.28. The molecule has 0 aliphatic carbocycles. The summed E-state index contributed by atoms with van der Waals surface area (Å²) in [6, 6.07) is 6.59. The monoisotopic (exact) mass is 346 g/mol. The molecule has 2 atom stereocenters. The van der Waals surface area contributed by atoms with E-state index in [4.69, 9.17) is 4.52 Å². The second-order valence-electron chi connectivity index (χ2n) is 6.64. The van der Waals surface area contributed by atoms with Crippen LogP contribution >= 0.6 is 0 Å². The minimum atomic E-state index is -0.303. The molecule has 1 aromatic heterocycles. The molecule has 3 rings (SSSR count). The van der Waals surface area contributed by atoms with Gasteiger partial charge in [-0.25, -0.2) is 4.39 Å². The van der Waals surface area contributed by atoms with E-state index in [1.165, 1.54) is 12.1 Å². The number of piperazine rings is 1. The number of aryl methyl sites for hydroxylation is 1. The summed E-state index contributed by atoms with van der Waals surface area (Å²) in [5, 5.41) is 7.33. The minimum Gasteiger partial charge on any atom is -0.340 e. The molecule has 2 aromatic rings. The maximum atomic E-state index is 12.9. The number of halogens is 1. The van der Waals surface area contributed by atoms with Crippen LogP contribution in [0.5, 0.6) is 0 Å². The van der Waals surface area contributed by atoms with Crippen molar-refractivity contribution in [3.63, 3.8) is 0 Å². The standard InChI is InChI=1S/C18H23FN4O2/c1-12-10-23(11-13(2)20-12)17(24)5-3-4-16-21-18(22-25-16)14-6-8-15(19)9-7-14/h6-9,12-13,20H,3-5,10-11H2,1-2H3/t12-,13-/m1/s1. The van der Waals surface area contributed by atoms with E-state index >= 15 is 0 Å². The maximum absolute atomic E-state index is 12.9. The molecule has 1 fully saturated rings. The lowest BCUT2D eigenvalue weighted by Crippen LogP contribution is -2.55. The first-order valence-electron chi connectivity index (χ1n) is 8.63. The van der Waals surface area contributed by atoms with Crippen LogP contribution in [0.1, 0.15) is 32.6 Å². The minimum absolute atomic E-state index is 0.165. The van der Waals surface area contributed by atoms with Crippen molar-refractivity contribution in [1.82, 2.24) is 20.4 Å². The molecule has 134 valence electrons. The number of rotatable bonds is 5. The summed E-state index contributed by atoms with van der Waals surface area (Å²) in [6.45, 7) is 5.67. The average Bonchev–Trinajstić information content (AvgIpc) is 3.03. The van der Waals surface area contributed by atoms with Gasteiger partial charge in [0.25, 0.3) is 0 Å². The lowest BCUT2D eigenvalue weighted by Gasteiger charge is -2.36. The van der Waals surface area contributed by atoms with E-state index in [1.54, 1.807) is 12.1 Å². The molecule has 0 unspecified atom stereocenters. The molecule has 0 spiro atoms. The van der Waals surface area contributed by atoms with Crippen LogP contribution < -0.4 is 5.32 Å². The van der Waals surface area contributed by atoms with Crippen LogP contribution in [0, 0.1) is 5.82 Å². The molecular formula is C18H23FN4O2. The second kappa shape index (κ2) is 7.74. The van der Waals surface area contributed by atoms with Gasteiger partial charge in [-0.2, -0.15) is 4.98 Å². The lowest BCUT2D eigenvalue weighted by molar-refractivity contribution is -0.133. The van der Waals surface area contributed by atoms with Gasteiger partial charge in [0.15, 0.2) is 0 Å². The van der Waals surface area contributed by atoms with Gasteiger partial charge >= 0.3 is 0 Å². The third kappa shape index (κ3) is 4.63. The quantitative estimate of drug-likeness (QED) is 0.900. The molecule has 1 aliphatic rings. The van der Waals surface area contributed by atoms with Crippen molar-refractivity contribution in [1.29, 1.82) is 0 Å². The van der Waals surface area contributed by atoms with Crippen molar-refractivity contribution < 1.29 is 13.7 Å². The molecule has 1 amide bonds. The van der Waals surface area contributed by atoms with Gasteiger partial charge < -0.3 is 14.7 Å². The van der Waals surface area contributed by atoms with Gasteiger partial charge in [0.1, 0.15) is 5.82 Å². The summed E-state index contributed by atoms with van der Waals surface area (Å²) in [5.74, 6) is 0.793. The number of carbonyl (C=O) groups is 1. The third-order valence-corrected chi connectivity index (χ3v) is 4.26. The van der Waals surface area contributed by atoms with Gasteiger partial charge in [-0.3, -0.25) is 4.79 Å². The van der Waals surface area contributed by atoms with Gasteiger partial charge in [-0.1, -0.05) is 5.16 Å². The smallest absolute Gasteiger partial charge is 0.226 e. The Morgan fingerprint density at radius 3 is 2.64 bits per heavy atom. The highest BCUT2D eigenvalue weighted by molar-refractivity contribution is 5.76. The topological polar surface area (TPSA) is 71.3 Å². The number of hydrogen-bond donors (Lipinski definition) is 1. The zero-order valence-electron chi connectivity index (χ0n) is 14.5. The molecule has 1 N–H and O–H groups in total. The van der Waals surface area contributed by atoms with E-state index in [0.717, 1.165) is 13.1 Å². The maximum Gasteiger partial charge on any atom is 0.226 e. The number of nitrogens with zero attached hydrogens (tertiary/aromatic N) is 3. The fourth-order valence-electron chi connectivity index (χ4n) is 3.15. The van der Waals surface area contributed by atoms with Crippen LogP contribution in [0.2, 0.25) is 0 Å². The van der Waals surface area contributed by atoms with Crippen molar-refractivity contribution in [2.75, 3.05) is 13.1 Å². The molecular weight excluding hydrogens is 323 g/mol. The van der Waals surface area contributed by atoms with E-state index in [2.05, 4.69) is 29.3 Å². The van der Waals surface area contributed by atoms with Crippen molar-refractivity contribution in [2.45, 2.75) is 45.2 Å². The fourth-order valence-corrected chi connectivity index (χ4v) is 3.15. The predicted octanol–water partition coefficient (Wildman–Crippen LogP) is 2.41. The van der Waals surface area contributed by atoms with E-state index in [-0.39, 0.29) is 11.7 Å². The Morgan fingerprint density at radius 2 is 1.96 bits per heavy atom. The molecule has 25 heavy (non-hydrogen) atoms. The van der Waals surface area contributed by atoms with Crippen molar-refractivity contribution in [3.8, 4) is 11.4 Å². The Labute approximate surface area is 146 Å². The zero-order valence-corrected chi connectivity index (χ0v) is 14.5. The molecule has 0 saturated carbocycles. The van der Waals surface area contributed by atoms with Gasteiger partial charge in [-0.15, -0.1) is 0 Å². The van der Waals surface area contributed by atoms with Crippen molar-refractivity contribution >= 4 is 5.91 Å². The highest BCUT2D eigenvalue weighted by atomic mass is 19.1. The predicted molar refractivity (Wildman–Crippen MR) is 91.3 cm³/mol. The first-order valence-corrected chi connectivity index (χ1v) is 8.63. The summed E-state index contributed by atoms with van der Waals surface area (Å²) < 4.78 is 18.2. The molecule has 2 heterocycles. The molecule has 7 heteroatoms. The van der Waals surface area contributed by atoms with Crippen LogP contribution in [0.15, 0.2) is 28.8 Å². The van der Waals surface area contributed by atoms with Gasteiger partial charge in [-0.05, 0) is 44.5 Å². The SMILES string of the molecule is C[C@@H]1CN(C(=O)CCCc2nc(-c3ccc(F)cc3)no2)C[C@@H](C)N1. The number of aromatic nitrogens is 2. The van der Waals surface area contributed by atoms with Crippen molar-refractivity contribution in [3.05, 3.63) is 36.0 Å². The lowest BCUT2D eigenvalue weighted by atomic mass is 10.1. The number of carbonyl (C=O) groups excluding carboxylic acids is 1. The first kappa shape index (κ1) is 17.5. The van der Waals surface area contributed by atoms with E-state index < -0.39 is 0 Å². The van der Waals surface area contributed by atoms with Crippen molar-refractivity contribution in [2.24, 2.45) is 0 Å². The normalized spacial score (nSPS) is 20.7. The van der Waals surface area contributed by atoms with Crippen LogP contribution in [0.25, 0.3) is 11.4 Å². The fraction of sp³-hybridized carbons (Fsp3) is 0.500. The van der Waals surface area contributed by atoms with Gasteiger partial charge in [0.05, 0.1) is 0 Å². The third-order valence-electron chi connectivity index (χ3n) is 4.26. The summed E-state index contributed by atoms with van der Waals surface area (Å²) in [6.07, 6.45) is 1.68. The summed E-state index contributed by atoms with van der Waals surface area (Å²) in [7, 11) is 0. The molecule has 1 aliphatic heterocycles. The number of amides is 1. The summed E-state index contributed by atoms with van der Waals surface area (Å²) >= 11 is 0. The molecule has 6 nitrogen and oxygen atoms in total. The number of hydrogen-bond acceptors (Lipinski definition) is 5. The Morgan fingerprint density at radius 1 is 1.28 bits per heavy atom. The Balaban J connectivity index is 1.49. The van der Waals surface area contributed by atoms with Gasteiger partial charge in [0, 0.05) is 43.6 Å². The van der Waals surface area contributed by atoms with Crippen LogP contribution in [0.3, 0.4) is 0 Å². The molecule has 1 saturated heterocycles. The largest absolute Gasteiger partial charge is 0.340 e. The highest BCUT2D eigenvalue weighted by Gasteiger charge is 2.24. The summed E-state index contributed by atoms with van der Waals surface area (Å²) in [5.41, 5.74) is 0.705.